The molecule has 0 aliphatic heterocycles. The minimum atomic E-state index is -0.475. The average molecular weight is 303 g/mol. The Kier molecular flexibility index (Phi) is 4.83. The summed E-state index contributed by atoms with van der Waals surface area (Å²) in [6.07, 6.45) is 0.525. The number of carbonyl (C=O) groups excluding carboxylic acids is 1. The van der Waals surface area contributed by atoms with Crippen LogP contribution in [0.5, 0.6) is 0 Å². The normalized spacial score (nSPS) is 11.6. The lowest BCUT2D eigenvalue weighted by Crippen LogP contribution is -2.27. The van der Waals surface area contributed by atoms with Crippen molar-refractivity contribution in [2.45, 2.75) is 32.3 Å². The zero-order chi connectivity index (χ0) is 13.1. The van der Waals surface area contributed by atoms with Crippen LogP contribution >= 0.6 is 15.9 Å². The fourth-order valence-corrected chi connectivity index (χ4v) is 1.89. The predicted molar refractivity (Wildman–Crippen MR) is 68.5 cm³/mol. The highest BCUT2D eigenvalue weighted by molar-refractivity contribution is 9.10. The third kappa shape index (κ3) is 4.56. The van der Waals surface area contributed by atoms with Gasteiger partial charge in [0.05, 0.1) is 5.60 Å². The lowest BCUT2D eigenvalue weighted by atomic mass is 9.97. The molecular weight excluding hydrogens is 287 g/mol. The van der Waals surface area contributed by atoms with Gasteiger partial charge in [0.25, 0.3) is 0 Å². The van der Waals surface area contributed by atoms with Gasteiger partial charge in [-0.1, -0.05) is 15.9 Å². The smallest absolute Gasteiger partial charge is 0.140 e. The molecule has 0 heterocycles. The molecule has 0 radical (unpaired) electrons. The molecule has 0 amide bonds. The van der Waals surface area contributed by atoms with Crippen molar-refractivity contribution in [2.75, 3.05) is 7.11 Å². The molecule has 0 aliphatic carbocycles. The van der Waals surface area contributed by atoms with E-state index in [1.165, 1.54) is 12.1 Å². The summed E-state index contributed by atoms with van der Waals surface area (Å²) in [5.74, 6) is -0.301. The SMILES string of the molecule is COC(C)(C)CC(=O)Cc1cc(F)ccc1Br. The van der Waals surface area contributed by atoms with Crippen LogP contribution in [0.4, 0.5) is 4.39 Å². The van der Waals surface area contributed by atoms with Gasteiger partial charge in [0.15, 0.2) is 0 Å². The number of ether oxygens (including phenoxy) is 1. The molecule has 0 saturated carbocycles. The highest BCUT2D eigenvalue weighted by Crippen LogP contribution is 2.21. The zero-order valence-electron chi connectivity index (χ0n) is 10.2. The van der Waals surface area contributed by atoms with E-state index >= 15 is 0 Å². The molecule has 1 aromatic carbocycles. The molecule has 0 saturated heterocycles. The number of carbonyl (C=O) groups is 1. The van der Waals surface area contributed by atoms with E-state index in [0.717, 1.165) is 4.47 Å². The molecule has 0 spiro atoms. The second-order valence-electron chi connectivity index (χ2n) is 4.59. The van der Waals surface area contributed by atoms with Gasteiger partial charge in [0.1, 0.15) is 11.6 Å². The van der Waals surface area contributed by atoms with Gasteiger partial charge < -0.3 is 4.74 Å². The summed E-state index contributed by atoms with van der Waals surface area (Å²) >= 11 is 3.31. The van der Waals surface area contributed by atoms with Gasteiger partial charge in [-0.05, 0) is 37.6 Å². The maximum atomic E-state index is 13.0. The Balaban J connectivity index is 2.71. The van der Waals surface area contributed by atoms with E-state index in [2.05, 4.69) is 15.9 Å². The molecule has 0 aromatic heterocycles. The van der Waals surface area contributed by atoms with Crippen LogP contribution in [0.1, 0.15) is 25.8 Å². The van der Waals surface area contributed by atoms with Crippen molar-refractivity contribution < 1.29 is 13.9 Å². The number of hydrogen-bond acceptors (Lipinski definition) is 2. The van der Waals surface area contributed by atoms with Crippen LogP contribution < -0.4 is 0 Å². The standard InChI is InChI=1S/C13H16BrFO2/c1-13(2,17-3)8-11(16)7-9-6-10(15)4-5-12(9)14/h4-6H,7-8H2,1-3H3. The maximum absolute atomic E-state index is 13.0. The van der Waals surface area contributed by atoms with Crippen LogP contribution in [0, 0.1) is 5.82 Å². The predicted octanol–water partition coefficient (Wildman–Crippen LogP) is 3.51. The highest BCUT2D eigenvalue weighted by atomic mass is 79.9. The molecule has 2 nitrogen and oxygen atoms in total. The van der Waals surface area contributed by atoms with Crippen LogP contribution in [-0.2, 0) is 16.0 Å². The Bertz CT molecular complexity index is 416. The second kappa shape index (κ2) is 5.74. The molecule has 0 aliphatic rings. The summed E-state index contributed by atoms with van der Waals surface area (Å²) in [7, 11) is 1.57. The molecule has 1 aromatic rings. The summed E-state index contributed by atoms with van der Waals surface area (Å²) in [6, 6.07) is 4.35. The highest BCUT2D eigenvalue weighted by Gasteiger charge is 2.21. The topological polar surface area (TPSA) is 26.3 Å². The van der Waals surface area contributed by atoms with Crippen molar-refractivity contribution in [2.24, 2.45) is 0 Å². The van der Waals surface area contributed by atoms with Crippen LogP contribution in [0.25, 0.3) is 0 Å². The Labute approximate surface area is 109 Å². The first-order chi connectivity index (χ1) is 7.84. The van der Waals surface area contributed by atoms with Crippen molar-refractivity contribution in [1.29, 1.82) is 0 Å². The molecule has 4 heteroatoms. The number of halogens is 2. The molecule has 17 heavy (non-hydrogen) atoms. The lowest BCUT2D eigenvalue weighted by Gasteiger charge is -2.21. The van der Waals surface area contributed by atoms with E-state index in [1.807, 2.05) is 13.8 Å². The summed E-state index contributed by atoms with van der Waals surface area (Å²) < 4.78 is 19.0. The van der Waals surface area contributed by atoms with Gasteiger partial charge in [-0.15, -0.1) is 0 Å². The fourth-order valence-electron chi connectivity index (χ4n) is 1.50. The first-order valence-corrected chi connectivity index (χ1v) is 6.14. The zero-order valence-corrected chi connectivity index (χ0v) is 11.8. The van der Waals surface area contributed by atoms with Crippen LogP contribution in [0.15, 0.2) is 22.7 Å². The van der Waals surface area contributed by atoms with E-state index in [0.29, 0.717) is 12.0 Å². The third-order valence-electron chi connectivity index (χ3n) is 2.57. The van der Waals surface area contributed by atoms with Crippen molar-refractivity contribution in [1.82, 2.24) is 0 Å². The van der Waals surface area contributed by atoms with Crippen molar-refractivity contribution in [3.05, 3.63) is 34.1 Å². The molecule has 1 rings (SSSR count). The number of ketones is 1. The fraction of sp³-hybridized carbons (Fsp3) is 0.462. The van der Waals surface area contributed by atoms with Gasteiger partial charge in [-0.2, -0.15) is 0 Å². The van der Waals surface area contributed by atoms with Crippen molar-refractivity contribution in [3.8, 4) is 0 Å². The van der Waals surface area contributed by atoms with Crippen molar-refractivity contribution >= 4 is 21.7 Å². The van der Waals surface area contributed by atoms with Crippen molar-refractivity contribution in [3.63, 3.8) is 0 Å². The van der Waals surface area contributed by atoms with E-state index < -0.39 is 5.60 Å². The van der Waals surface area contributed by atoms with Gasteiger partial charge in [-0.25, -0.2) is 4.39 Å². The largest absolute Gasteiger partial charge is 0.378 e. The summed E-state index contributed by atoms with van der Waals surface area (Å²) in [5, 5.41) is 0. The second-order valence-corrected chi connectivity index (χ2v) is 5.45. The number of benzene rings is 1. The van der Waals surface area contributed by atoms with Gasteiger partial charge in [0.2, 0.25) is 0 Å². The quantitative estimate of drug-likeness (QED) is 0.832. The average Bonchev–Trinajstić information content (AvgIpc) is 2.23. The molecule has 94 valence electrons. The van der Waals surface area contributed by atoms with Crippen LogP contribution in [0.2, 0.25) is 0 Å². The molecule has 0 N–H and O–H groups in total. The van der Waals surface area contributed by atoms with E-state index in [1.54, 1.807) is 13.2 Å². The number of hydrogen-bond donors (Lipinski definition) is 0. The lowest BCUT2D eigenvalue weighted by molar-refractivity contribution is -0.123. The molecule has 0 fully saturated rings. The number of methoxy groups -OCH3 is 1. The van der Waals surface area contributed by atoms with E-state index in [4.69, 9.17) is 4.74 Å². The monoisotopic (exact) mass is 302 g/mol. The Hall–Kier alpha value is -0.740. The molecule has 0 unspecified atom stereocenters. The van der Waals surface area contributed by atoms with Gasteiger partial charge in [-0.3, -0.25) is 4.79 Å². The van der Waals surface area contributed by atoms with Gasteiger partial charge >= 0.3 is 0 Å². The first kappa shape index (κ1) is 14.3. The number of Topliss-reactive ketones (excluding diaryl/α,β-unsaturated/α-hetero) is 1. The van der Waals surface area contributed by atoms with E-state index in [9.17, 15) is 9.18 Å². The van der Waals surface area contributed by atoms with E-state index in [-0.39, 0.29) is 18.0 Å². The summed E-state index contributed by atoms with van der Waals surface area (Å²) in [6.45, 7) is 3.71. The Morgan fingerprint density at radius 1 is 1.47 bits per heavy atom. The molecule has 0 bridgehead atoms. The third-order valence-corrected chi connectivity index (χ3v) is 3.34. The molecule has 0 atom stereocenters. The summed E-state index contributed by atoms with van der Waals surface area (Å²) in [5.41, 5.74) is 0.193. The molecular formula is C13H16BrFO2. The van der Waals surface area contributed by atoms with Crippen LogP contribution in [-0.4, -0.2) is 18.5 Å². The number of rotatable bonds is 5. The Morgan fingerprint density at radius 2 is 2.12 bits per heavy atom. The Morgan fingerprint density at radius 3 is 2.71 bits per heavy atom. The minimum Gasteiger partial charge on any atom is -0.378 e. The van der Waals surface area contributed by atoms with Crippen LogP contribution in [0.3, 0.4) is 0 Å². The first-order valence-electron chi connectivity index (χ1n) is 5.35. The summed E-state index contributed by atoms with van der Waals surface area (Å²) in [4.78, 5) is 11.8. The van der Waals surface area contributed by atoms with Gasteiger partial charge in [0, 0.05) is 24.4 Å². The minimum absolute atomic E-state index is 0.0307. The maximum Gasteiger partial charge on any atom is 0.140 e.